The summed E-state index contributed by atoms with van der Waals surface area (Å²) in [5.74, 6) is 0. The maximum atomic E-state index is 12.3. The minimum Gasteiger partial charge on any atom is -0.320 e. The Balaban J connectivity index is 1.83. The Morgan fingerprint density at radius 1 is 0.923 bits per heavy atom. The molecule has 26 heavy (non-hydrogen) atoms. The molecule has 0 fully saturated rings. The van der Waals surface area contributed by atoms with Crippen molar-refractivity contribution >= 4 is 54.8 Å². The minimum atomic E-state index is -3.78. The number of H-pyrrole nitrogens is 3. The molecule has 0 radical (unpaired) electrons. The Bertz CT molecular complexity index is 1330. The van der Waals surface area contributed by atoms with Crippen LogP contribution in [0.2, 0.25) is 5.15 Å². The summed E-state index contributed by atoms with van der Waals surface area (Å²) < 4.78 is 22.5. The minimum absolute atomic E-state index is 0.0376. The van der Waals surface area contributed by atoms with Gasteiger partial charge in [0.25, 0.3) is 5.56 Å². The molecule has 4 aromatic rings. The van der Waals surface area contributed by atoms with E-state index in [0.29, 0.717) is 27.1 Å². The van der Waals surface area contributed by atoms with Crippen molar-refractivity contribution in [2.45, 2.75) is 4.90 Å². The molecule has 0 aliphatic rings. The van der Waals surface area contributed by atoms with Gasteiger partial charge in [-0.3, -0.25) is 15.0 Å². The molecule has 0 unspecified atom stereocenters. The number of nitrogens with one attached hydrogen (secondary N) is 3. The van der Waals surface area contributed by atoms with Gasteiger partial charge in [0.1, 0.15) is 5.15 Å². The van der Waals surface area contributed by atoms with Gasteiger partial charge < -0.3 is 4.98 Å². The van der Waals surface area contributed by atoms with Crippen molar-refractivity contribution in [2.75, 3.05) is 0 Å². The van der Waals surface area contributed by atoms with Crippen molar-refractivity contribution in [1.29, 1.82) is 0 Å². The summed E-state index contributed by atoms with van der Waals surface area (Å²) in [4.78, 5) is 14.9. The van der Waals surface area contributed by atoms with Crippen LogP contribution < -0.4 is 10.7 Å². The topological polar surface area (TPSA) is 149 Å². The summed E-state index contributed by atoms with van der Waals surface area (Å²) >= 11 is 6.17. The third kappa shape index (κ3) is 2.69. The predicted molar refractivity (Wildman–Crippen MR) is 97.8 cm³/mol. The van der Waals surface area contributed by atoms with Crippen LogP contribution in [0, 0.1) is 0 Å². The Morgan fingerprint density at radius 3 is 2.31 bits per heavy atom. The number of fused-ring (bicyclic) bond motifs is 3. The molecule has 2 aromatic heterocycles. The summed E-state index contributed by atoms with van der Waals surface area (Å²) in [7, 11) is -3.78. The Kier molecular flexibility index (Phi) is 3.68. The van der Waals surface area contributed by atoms with Gasteiger partial charge in [0.05, 0.1) is 21.6 Å². The van der Waals surface area contributed by atoms with E-state index < -0.39 is 15.6 Å². The number of aromatic nitrogens is 3. The third-order valence-corrected chi connectivity index (χ3v) is 5.08. The molecule has 9 nitrogen and oxygen atoms in total. The van der Waals surface area contributed by atoms with Gasteiger partial charge in [-0.1, -0.05) is 11.6 Å². The van der Waals surface area contributed by atoms with Crippen LogP contribution in [0.15, 0.2) is 56.3 Å². The molecular weight excluding hydrogens is 380 g/mol. The lowest BCUT2D eigenvalue weighted by Crippen LogP contribution is -2.11. The van der Waals surface area contributed by atoms with E-state index in [9.17, 15) is 13.2 Å². The lowest BCUT2D eigenvalue weighted by Gasteiger charge is -1.98. The number of rotatable bonds is 3. The van der Waals surface area contributed by atoms with Gasteiger partial charge in [0, 0.05) is 10.8 Å². The predicted octanol–water partition coefficient (Wildman–Crippen LogP) is 3.05. The lowest BCUT2D eigenvalue weighted by molar-refractivity contribution is 0.598. The highest BCUT2D eigenvalue weighted by atomic mass is 35.5. The number of sulfonamides is 1. The first-order valence-electron chi connectivity index (χ1n) is 7.30. The van der Waals surface area contributed by atoms with Crippen molar-refractivity contribution in [1.82, 2.24) is 15.2 Å². The van der Waals surface area contributed by atoms with Crippen LogP contribution in [0.4, 0.5) is 11.4 Å². The molecule has 0 aliphatic carbocycles. The van der Waals surface area contributed by atoms with Gasteiger partial charge in [-0.25, -0.2) is 13.6 Å². The number of benzene rings is 2. The fourth-order valence-electron chi connectivity index (χ4n) is 2.67. The SMILES string of the molecule is NS(=O)(=O)c1ccc(N=Nc2c(=O)[nH]c3ccc4[nH][nH]c(Cl)c4c23)cc1. The van der Waals surface area contributed by atoms with Crippen LogP contribution in [0.1, 0.15) is 0 Å². The molecule has 0 saturated heterocycles. The molecule has 4 rings (SSSR count). The molecule has 0 bridgehead atoms. The Labute approximate surface area is 150 Å². The molecule has 5 N–H and O–H groups in total. The van der Waals surface area contributed by atoms with E-state index in [-0.39, 0.29) is 10.6 Å². The van der Waals surface area contributed by atoms with Crippen molar-refractivity contribution in [2.24, 2.45) is 15.4 Å². The quantitative estimate of drug-likeness (QED) is 0.398. The molecule has 0 amide bonds. The summed E-state index contributed by atoms with van der Waals surface area (Å²) in [6.07, 6.45) is 0. The zero-order valence-electron chi connectivity index (χ0n) is 12.9. The van der Waals surface area contributed by atoms with Crippen molar-refractivity contribution < 1.29 is 8.42 Å². The molecule has 0 aliphatic heterocycles. The second-order valence-corrected chi connectivity index (χ2v) is 7.46. The Morgan fingerprint density at radius 2 is 1.62 bits per heavy atom. The highest BCUT2D eigenvalue weighted by Crippen LogP contribution is 2.34. The fourth-order valence-corrected chi connectivity index (χ4v) is 3.43. The first kappa shape index (κ1) is 16.5. The molecular formula is C15H11ClN6O3S. The zero-order valence-corrected chi connectivity index (χ0v) is 14.5. The van der Waals surface area contributed by atoms with E-state index in [1.807, 2.05) is 0 Å². The number of primary sulfonamides is 1. The van der Waals surface area contributed by atoms with E-state index in [0.717, 1.165) is 5.52 Å². The average molecular weight is 391 g/mol. The van der Waals surface area contributed by atoms with E-state index in [4.69, 9.17) is 16.7 Å². The second kappa shape index (κ2) is 5.80. The third-order valence-electron chi connectivity index (χ3n) is 3.86. The van der Waals surface area contributed by atoms with Crippen molar-refractivity contribution in [3.05, 3.63) is 51.9 Å². The number of aromatic amines is 3. The van der Waals surface area contributed by atoms with Crippen molar-refractivity contribution in [3.63, 3.8) is 0 Å². The monoisotopic (exact) mass is 390 g/mol. The first-order chi connectivity index (χ1) is 12.3. The van der Waals surface area contributed by atoms with Crippen LogP contribution >= 0.6 is 11.6 Å². The number of nitrogens with two attached hydrogens (primary N) is 1. The van der Waals surface area contributed by atoms with Gasteiger partial charge >= 0.3 is 0 Å². The smallest absolute Gasteiger partial charge is 0.276 e. The van der Waals surface area contributed by atoms with Gasteiger partial charge in [0.2, 0.25) is 10.0 Å². The fraction of sp³-hybridized carbons (Fsp3) is 0. The highest BCUT2D eigenvalue weighted by Gasteiger charge is 2.16. The number of hydrogen-bond acceptors (Lipinski definition) is 5. The highest BCUT2D eigenvalue weighted by molar-refractivity contribution is 7.89. The largest absolute Gasteiger partial charge is 0.320 e. The standard InChI is InChI=1S/C15H11ClN6O3S/c16-14-12-10(20-22-14)6-5-9-11(12)13(15(23)18-9)21-19-7-1-3-8(4-2-7)26(17,24)25/h1-6,20,22H,(H,18,23)(H2,17,24,25). The van der Waals surface area contributed by atoms with Gasteiger partial charge in [-0.15, -0.1) is 5.11 Å². The summed E-state index contributed by atoms with van der Waals surface area (Å²) in [6, 6.07) is 9.02. The van der Waals surface area contributed by atoms with Crippen LogP contribution in [0.3, 0.4) is 0 Å². The lowest BCUT2D eigenvalue weighted by atomic mass is 10.1. The number of nitrogens with zero attached hydrogens (tertiary/aromatic N) is 2. The van der Waals surface area contributed by atoms with Crippen molar-refractivity contribution in [3.8, 4) is 0 Å². The van der Waals surface area contributed by atoms with E-state index in [1.165, 1.54) is 24.3 Å². The molecule has 2 heterocycles. The van der Waals surface area contributed by atoms with E-state index in [1.54, 1.807) is 12.1 Å². The van der Waals surface area contributed by atoms with Gasteiger partial charge in [0.15, 0.2) is 5.69 Å². The molecule has 0 saturated carbocycles. The number of azo groups is 1. The van der Waals surface area contributed by atoms with E-state index >= 15 is 0 Å². The van der Waals surface area contributed by atoms with Crippen LogP contribution in [0.5, 0.6) is 0 Å². The number of halogens is 1. The van der Waals surface area contributed by atoms with Gasteiger partial charge in [-0.2, -0.15) is 5.11 Å². The van der Waals surface area contributed by atoms with E-state index in [2.05, 4.69) is 25.4 Å². The van der Waals surface area contributed by atoms with Crippen LogP contribution in [0.25, 0.3) is 21.8 Å². The normalized spacial score (nSPS) is 12.5. The number of hydrogen-bond donors (Lipinski definition) is 4. The molecule has 132 valence electrons. The summed E-state index contributed by atoms with van der Waals surface area (Å²) in [5, 5.41) is 20.3. The summed E-state index contributed by atoms with van der Waals surface area (Å²) in [6.45, 7) is 0. The molecule has 2 aromatic carbocycles. The maximum Gasteiger partial charge on any atom is 0.276 e. The molecule has 11 heteroatoms. The van der Waals surface area contributed by atoms with Crippen LogP contribution in [-0.4, -0.2) is 23.6 Å². The maximum absolute atomic E-state index is 12.3. The van der Waals surface area contributed by atoms with Crippen LogP contribution in [-0.2, 0) is 10.0 Å². The molecule has 0 atom stereocenters. The first-order valence-corrected chi connectivity index (χ1v) is 9.22. The zero-order chi connectivity index (χ0) is 18.5. The Hall–Kier alpha value is -2.95. The average Bonchev–Trinajstić information content (AvgIpc) is 3.12. The summed E-state index contributed by atoms with van der Waals surface area (Å²) in [5.41, 5.74) is 1.36. The van der Waals surface area contributed by atoms with Gasteiger partial charge in [-0.05, 0) is 36.4 Å². The second-order valence-electron chi connectivity index (χ2n) is 5.52. The molecule has 0 spiro atoms.